The number of hydrogen-bond acceptors (Lipinski definition) is 6. The maximum atomic E-state index is 13.5. The molecule has 3 fully saturated rings. The lowest BCUT2D eigenvalue weighted by Gasteiger charge is -2.56. The fraction of sp³-hybridized carbons (Fsp3) is 0.850. The van der Waals surface area contributed by atoms with Crippen molar-refractivity contribution >= 4 is 5.78 Å². The predicted molar refractivity (Wildman–Crippen MR) is 104 cm³/mol. The molecule has 0 aromatic heterocycles. The Morgan fingerprint density at radius 1 is 1.04 bits per heavy atom. The summed E-state index contributed by atoms with van der Waals surface area (Å²) in [4.78, 5) is 16.0. The molecule has 3 heterocycles. The van der Waals surface area contributed by atoms with Crippen molar-refractivity contribution in [1.29, 1.82) is 0 Å². The quantitative estimate of drug-likeness (QED) is 0.713. The monoisotopic (exact) mass is 361 g/mol. The van der Waals surface area contributed by atoms with E-state index in [9.17, 15) is 4.79 Å². The zero-order valence-electron chi connectivity index (χ0n) is 16.3. The van der Waals surface area contributed by atoms with Crippen molar-refractivity contribution < 1.29 is 4.79 Å². The highest BCUT2D eigenvalue weighted by Gasteiger charge is 2.53. The van der Waals surface area contributed by atoms with E-state index in [2.05, 4.69) is 44.6 Å². The highest BCUT2D eigenvalue weighted by atomic mass is 16.1. The van der Waals surface area contributed by atoms with Crippen molar-refractivity contribution in [3.8, 4) is 0 Å². The van der Waals surface area contributed by atoms with Crippen LogP contribution in [0.4, 0.5) is 0 Å². The summed E-state index contributed by atoms with van der Waals surface area (Å²) in [7, 11) is 0. The van der Waals surface area contributed by atoms with E-state index in [1.807, 2.05) is 0 Å². The van der Waals surface area contributed by atoms with E-state index in [0.717, 1.165) is 71.7 Å². The van der Waals surface area contributed by atoms with Gasteiger partial charge in [0.15, 0.2) is 5.78 Å². The molecule has 0 radical (unpaired) electrons. The molecule has 3 unspecified atom stereocenters. The molecule has 0 saturated carbocycles. The third-order valence-electron chi connectivity index (χ3n) is 6.80. The Labute approximate surface area is 157 Å². The van der Waals surface area contributed by atoms with E-state index in [1.165, 1.54) is 6.42 Å². The standard InChI is InChI=1S/C20H35N5O/c1-17-5-11-25(24-14-9-22-10-15-24)18(16-17)20(6-3-2-4-19(20)26)23-12-7-21-8-13-23/h3,6,17-18,21-22H,2,4-5,7-16H2,1H3. The number of piperidine rings is 1. The van der Waals surface area contributed by atoms with Crippen molar-refractivity contribution in [3.05, 3.63) is 12.2 Å². The number of piperazine rings is 2. The van der Waals surface area contributed by atoms with Crippen molar-refractivity contribution in [2.45, 2.75) is 44.2 Å². The Balaban J connectivity index is 1.69. The van der Waals surface area contributed by atoms with Crippen LogP contribution in [0.3, 0.4) is 0 Å². The van der Waals surface area contributed by atoms with E-state index < -0.39 is 5.54 Å². The lowest BCUT2D eigenvalue weighted by Crippen LogP contribution is -2.72. The minimum Gasteiger partial charge on any atom is -0.314 e. The molecule has 3 aliphatic heterocycles. The van der Waals surface area contributed by atoms with Gasteiger partial charge >= 0.3 is 0 Å². The first-order valence-electron chi connectivity index (χ1n) is 10.6. The zero-order valence-corrected chi connectivity index (χ0v) is 16.3. The average Bonchev–Trinajstić information content (AvgIpc) is 2.70. The zero-order chi connectivity index (χ0) is 18.0. The topological polar surface area (TPSA) is 50.9 Å². The lowest BCUT2D eigenvalue weighted by atomic mass is 9.73. The Kier molecular flexibility index (Phi) is 5.76. The first-order valence-corrected chi connectivity index (χ1v) is 10.6. The molecule has 0 aromatic rings. The number of allylic oxidation sites excluding steroid dienone is 1. The lowest BCUT2D eigenvalue weighted by molar-refractivity contribution is -0.155. The summed E-state index contributed by atoms with van der Waals surface area (Å²) in [6.07, 6.45) is 8.52. The van der Waals surface area contributed by atoms with E-state index >= 15 is 0 Å². The Bertz CT molecular complexity index is 526. The minimum absolute atomic E-state index is 0.270. The molecule has 146 valence electrons. The van der Waals surface area contributed by atoms with Crippen molar-refractivity contribution in [3.63, 3.8) is 0 Å². The number of hydrazine groups is 1. The summed E-state index contributed by atoms with van der Waals surface area (Å²) in [6.45, 7) is 11.6. The van der Waals surface area contributed by atoms with Crippen molar-refractivity contribution in [2.24, 2.45) is 5.92 Å². The van der Waals surface area contributed by atoms with Crippen molar-refractivity contribution in [2.75, 3.05) is 58.9 Å². The van der Waals surface area contributed by atoms with Gasteiger partial charge in [0.1, 0.15) is 5.54 Å². The fourth-order valence-corrected chi connectivity index (χ4v) is 5.38. The van der Waals surface area contributed by atoms with Crippen LogP contribution in [-0.4, -0.2) is 91.2 Å². The Hall–Kier alpha value is -0.790. The second kappa shape index (κ2) is 8.07. The van der Waals surface area contributed by atoms with Crippen molar-refractivity contribution in [1.82, 2.24) is 25.6 Å². The summed E-state index contributed by atoms with van der Waals surface area (Å²) in [5, 5.41) is 12.1. The van der Waals surface area contributed by atoms with E-state index in [1.54, 1.807) is 0 Å². The van der Waals surface area contributed by atoms with Crippen LogP contribution in [0, 0.1) is 5.92 Å². The molecule has 3 saturated heterocycles. The van der Waals surface area contributed by atoms with Gasteiger partial charge in [0.2, 0.25) is 0 Å². The van der Waals surface area contributed by atoms with Crippen LogP contribution in [0.25, 0.3) is 0 Å². The highest BCUT2D eigenvalue weighted by Crippen LogP contribution is 2.39. The first-order chi connectivity index (χ1) is 12.7. The maximum Gasteiger partial charge on any atom is 0.158 e. The molecule has 6 nitrogen and oxygen atoms in total. The molecular formula is C20H35N5O. The molecule has 0 spiro atoms. The smallest absolute Gasteiger partial charge is 0.158 e. The Morgan fingerprint density at radius 2 is 1.73 bits per heavy atom. The normalized spacial score (nSPS) is 38.6. The summed E-state index contributed by atoms with van der Waals surface area (Å²) < 4.78 is 0. The van der Waals surface area contributed by atoms with Gasteiger partial charge in [-0.3, -0.25) is 9.69 Å². The van der Waals surface area contributed by atoms with E-state index in [4.69, 9.17) is 0 Å². The number of nitrogens with one attached hydrogen (secondary N) is 2. The number of carbonyl (C=O) groups excluding carboxylic acids is 1. The van der Waals surface area contributed by atoms with Crippen LogP contribution in [0.15, 0.2) is 12.2 Å². The van der Waals surface area contributed by atoms with Gasteiger partial charge in [0.05, 0.1) is 6.04 Å². The highest BCUT2D eigenvalue weighted by molar-refractivity contribution is 5.92. The summed E-state index contributed by atoms with van der Waals surface area (Å²) in [5.41, 5.74) is -0.431. The number of rotatable bonds is 3. The third kappa shape index (κ3) is 3.38. The predicted octanol–water partition coefficient (Wildman–Crippen LogP) is 0.470. The van der Waals surface area contributed by atoms with Gasteiger partial charge in [-0.1, -0.05) is 19.1 Å². The number of ketones is 1. The summed E-state index contributed by atoms with van der Waals surface area (Å²) in [5.74, 6) is 1.13. The second-order valence-electron chi connectivity index (χ2n) is 8.44. The summed E-state index contributed by atoms with van der Waals surface area (Å²) >= 11 is 0. The van der Waals surface area contributed by atoms with Crippen LogP contribution >= 0.6 is 0 Å². The number of carbonyl (C=O) groups is 1. The van der Waals surface area contributed by atoms with Crippen LogP contribution in [0.5, 0.6) is 0 Å². The second-order valence-corrected chi connectivity index (χ2v) is 8.44. The molecule has 6 heteroatoms. The molecule has 26 heavy (non-hydrogen) atoms. The molecule has 1 aliphatic carbocycles. The number of hydrogen-bond donors (Lipinski definition) is 2. The minimum atomic E-state index is -0.431. The van der Waals surface area contributed by atoms with E-state index in [-0.39, 0.29) is 6.04 Å². The summed E-state index contributed by atoms with van der Waals surface area (Å²) in [6, 6.07) is 0.270. The molecule has 4 aliphatic rings. The van der Waals surface area contributed by atoms with E-state index in [0.29, 0.717) is 18.1 Å². The average molecular weight is 362 g/mol. The number of nitrogens with zero attached hydrogens (tertiary/aromatic N) is 3. The third-order valence-corrected chi connectivity index (χ3v) is 6.80. The van der Waals surface area contributed by atoms with Gasteiger partial charge in [0.25, 0.3) is 0 Å². The number of Topliss-reactive ketones (excluding diaryl/α,β-unsaturated/α-hetero) is 1. The van der Waals surface area contributed by atoms with Gasteiger partial charge in [-0.15, -0.1) is 0 Å². The molecule has 2 N–H and O–H groups in total. The SMILES string of the molecule is CC1CCN(N2CCNCC2)C(C2(N3CCNCC3)C=CCCC2=O)C1. The van der Waals surface area contributed by atoms with Gasteiger partial charge < -0.3 is 10.6 Å². The molecule has 0 aromatic carbocycles. The maximum absolute atomic E-state index is 13.5. The molecule has 0 bridgehead atoms. The molecule has 3 atom stereocenters. The Morgan fingerprint density at radius 3 is 2.42 bits per heavy atom. The fourth-order valence-electron chi connectivity index (χ4n) is 5.38. The first kappa shape index (κ1) is 18.6. The van der Waals surface area contributed by atoms with Gasteiger partial charge in [-0.05, 0) is 25.2 Å². The van der Waals surface area contributed by atoms with Crippen LogP contribution in [0.2, 0.25) is 0 Å². The molecular weight excluding hydrogens is 326 g/mol. The van der Waals surface area contributed by atoms with Crippen LogP contribution in [0.1, 0.15) is 32.6 Å². The van der Waals surface area contributed by atoms with Gasteiger partial charge in [-0.2, -0.15) is 0 Å². The largest absolute Gasteiger partial charge is 0.314 e. The van der Waals surface area contributed by atoms with Gasteiger partial charge in [-0.25, -0.2) is 10.0 Å². The van der Waals surface area contributed by atoms with Gasteiger partial charge in [0, 0.05) is 65.3 Å². The molecule has 0 amide bonds. The van der Waals surface area contributed by atoms with Crippen LogP contribution in [-0.2, 0) is 4.79 Å². The van der Waals surface area contributed by atoms with Crippen LogP contribution < -0.4 is 10.6 Å². The molecule has 4 rings (SSSR count).